The highest BCUT2D eigenvalue weighted by molar-refractivity contribution is 7.12. The SMILES string of the molecule is Cc1cc(C(=O)CCC(=O)Nc2ccc(C(=O)N3CCCC3)cc2)c(C)s1. The Morgan fingerprint density at radius 1 is 1.04 bits per heavy atom. The van der Waals surface area contributed by atoms with Gasteiger partial charge in [0.15, 0.2) is 5.78 Å². The first-order valence-corrected chi connectivity index (χ1v) is 10.0. The normalized spacial score (nSPS) is 13.6. The summed E-state index contributed by atoms with van der Waals surface area (Å²) in [5, 5.41) is 2.79. The van der Waals surface area contributed by atoms with Gasteiger partial charge in [-0.3, -0.25) is 14.4 Å². The van der Waals surface area contributed by atoms with E-state index in [2.05, 4.69) is 5.32 Å². The molecule has 1 aliphatic heterocycles. The number of ketones is 1. The lowest BCUT2D eigenvalue weighted by molar-refractivity contribution is -0.116. The molecule has 2 aromatic rings. The van der Waals surface area contributed by atoms with Crippen LogP contribution in [0.25, 0.3) is 0 Å². The van der Waals surface area contributed by atoms with E-state index in [1.807, 2.05) is 24.8 Å². The van der Waals surface area contributed by atoms with Crippen LogP contribution in [0.4, 0.5) is 5.69 Å². The summed E-state index contributed by atoms with van der Waals surface area (Å²) in [4.78, 5) is 40.7. The lowest BCUT2D eigenvalue weighted by Crippen LogP contribution is -2.27. The van der Waals surface area contributed by atoms with Crippen molar-refractivity contribution in [3.8, 4) is 0 Å². The number of nitrogens with one attached hydrogen (secondary N) is 1. The molecule has 27 heavy (non-hydrogen) atoms. The van der Waals surface area contributed by atoms with Crippen LogP contribution in [-0.2, 0) is 4.79 Å². The summed E-state index contributed by atoms with van der Waals surface area (Å²) >= 11 is 1.59. The first kappa shape index (κ1) is 19.3. The highest BCUT2D eigenvalue weighted by Crippen LogP contribution is 2.22. The van der Waals surface area contributed by atoms with Crippen LogP contribution in [-0.4, -0.2) is 35.6 Å². The molecule has 3 rings (SSSR count). The van der Waals surface area contributed by atoms with Crippen LogP contribution in [0, 0.1) is 13.8 Å². The van der Waals surface area contributed by atoms with Crippen molar-refractivity contribution in [2.45, 2.75) is 39.5 Å². The van der Waals surface area contributed by atoms with Crippen LogP contribution in [0.5, 0.6) is 0 Å². The van der Waals surface area contributed by atoms with E-state index in [0.29, 0.717) is 11.3 Å². The Morgan fingerprint density at radius 3 is 2.30 bits per heavy atom. The zero-order chi connectivity index (χ0) is 19.4. The number of carbonyl (C=O) groups excluding carboxylic acids is 3. The summed E-state index contributed by atoms with van der Waals surface area (Å²) in [6.45, 7) is 5.53. The standard InChI is InChI=1S/C21H24N2O3S/c1-14-13-18(15(2)27-14)19(24)9-10-20(25)22-17-7-5-16(6-8-17)21(26)23-11-3-4-12-23/h5-8,13H,3-4,9-12H2,1-2H3,(H,22,25). The number of Topliss-reactive ketones (excluding diaryl/α,β-unsaturated/α-hetero) is 1. The number of nitrogens with zero attached hydrogens (tertiary/aromatic N) is 1. The van der Waals surface area contributed by atoms with Crippen molar-refractivity contribution in [2.24, 2.45) is 0 Å². The van der Waals surface area contributed by atoms with Gasteiger partial charge in [0.1, 0.15) is 0 Å². The number of hydrogen-bond acceptors (Lipinski definition) is 4. The highest BCUT2D eigenvalue weighted by atomic mass is 32.1. The topological polar surface area (TPSA) is 66.5 Å². The summed E-state index contributed by atoms with van der Waals surface area (Å²) in [7, 11) is 0. The van der Waals surface area contributed by atoms with E-state index in [9.17, 15) is 14.4 Å². The van der Waals surface area contributed by atoms with E-state index < -0.39 is 0 Å². The molecule has 6 heteroatoms. The third-order valence-corrected chi connectivity index (χ3v) is 5.70. The van der Waals surface area contributed by atoms with Crippen molar-refractivity contribution in [1.29, 1.82) is 0 Å². The minimum atomic E-state index is -0.202. The van der Waals surface area contributed by atoms with Crippen LogP contribution >= 0.6 is 11.3 Å². The predicted octanol–water partition coefficient (Wildman–Crippen LogP) is 4.20. The maximum Gasteiger partial charge on any atom is 0.253 e. The predicted molar refractivity (Wildman–Crippen MR) is 108 cm³/mol. The molecule has 2 amide bonds. The molecule has 0 bridgehead atoms. The number of amides is 2. The molecule has 2 heterocycles. The lowest BCUT2D eigenvalue weighted by atomic mass is 10.1. The van der Waals surface area contributed by atoms with Gasteiger partial charge in [0.05, 0.1) is 0 Å². The molecule has 1 aromatic carbocycles. The minimum Gasteiger partial charge on any atom is -0.339 e. The molecule has 1 N–H and O–H groups in total. The third kappa shape index (κ3) is 4.83. The highest BCUT2D eigenvalue weighted by Gasteiger charge is 2.19. The number of rotatable bonds is 6. The average molecular weight is 385 g/mol. The summed E-state index contributed by atoms with van der Waals surface area (Å²) < 4.78 is 0. The maximum atomic E-state index is 12.3. The van der Waals surface area contributed by atoms with Crippen LogP contribution in [0.3, 0.4) is 0 Å². The molecule has 0 saturated carbocycles. The van der Waals surface area contributed by atoms with E-state index in [0.717, 1.165) is 41.2 Å². The van der Waals surface area contributed by atoms with Gasteiger partial charge in [-0.05, 0) is 57.0 Å². The first-order chi connectivity index (χ1) is 12.9. The number of likely N-dealkylation sites (tertiary alicyclic amines) is 1. The summed E-state index contributed by atoms with van der Waals surface area (Å²) in [6, 6.07) is 8.82. The molecule has 1 aliphatic rings. The van der Waals surface area contributed by atoms with Gasteiger partial charge >= 0.3 is 0 Å². The van der Waals surface area contributed by atoms with Crippen molar-refractivity contribution < 1.29 is 14.4 Å². The van der Waals surface area contributed by atoms with E-state index in [1.54, 1.807) is 35.6 Å². The van der Waals surface area contributed by atoms with Gasteiger partial charge in [0.25, 0.3) is 5.91 Å². The van der Waals surface area contributed by atoms with Gasteiger partial charge in [0.2, 0.25) is 5.91 Å². The quantitative estimate of drug-likeness (QED) is 0.759. The summed E-state index contributed by atoms with van der Waals surface area (Å²) in [5.74, 6) is -0.164. The van der Waals surface area contributed by atoms with Crippen molar-refractivity contribution in [3.63, 3.8) is 0 Å². The lowest BCUT2D eigenvalue weighted by Gasteiger charge is -2.15. The molecule has 1 fully saturated rings. The number of hydrogen-bond donors (Lipinski definition) is 1. The van der Waals surface area contributed by atoms with E-state index in [4.69, 9.17) is 0 Å². The first-order valence-electron chi connectivity index (χ1n) is 9.23. The number of aryl methyl sites for hydroxylation is 2. The zero-order valence-electron chi connectivity index (χ0n) is 15.7. The molecule has 0 unspecified atom stereocenters. The van der Waals surface area contributed by atoms with Gasteiger partial charge in [-0.2, -0.15) is 0 Å². The van der Waals surface area contributed by atoms with Crippen LogP contribution in [0.1, 0.15) is 56.2 Å². The molecular formula is C21H24N2O3S. The van der Waals surface area contributed by atoms with Gasteiger partial charge in [0, 0.05) is 52.5 Å². The van der Waals surface area contributed by atoms with Crippen molar-refractivity contribution in [1.82, 2.24) is 4.90 Å². The van der Waals surface area contributed by atoms with Crippen LogP contribution in [0.15, 0.2) is 30.3 Å². The van der Waals surface area contributed by atoms with E-state index >= 15 is 0 Å². The Morgan fingerprint density at radius 2 is 1.70 bits per heavy atom. The van der Waals surface area contributed by atoms with Crippen molar-refractivity contribution in [2.75, 3.05) is 18.4 Å². The smallest absolute Gasteiger partial charge is 0.253 e. The fraction of sp³-hybridized carbons (Fsp3) is 0.381. The Balaban J connectivity index is 1.51. The molecule has 142 valence electrons. The van der Waals surface area contributed by atoms with Crippen molar-refractivity contribution >= 4 is 34.6 Å². The summed E-state index contributed by atoms with van der Waals surface area (Å²) in [5.41, 5.74) is 1.98. The molecule has 0 radical (unpaired) electrons. The Hall–Kier alpha value is -2.47. The number of thiophene rings is 1. The Bertz CT molecular complexity index is 849. The molecule has 1 aromatic heterocycles. The fourth-order valence-corrected chi connectivity index (χ4v) is 4.23. The second kappa shape index (κ2) is 8.48. The number of benzene rings is 1. The van der Waals surface area contributed by atoms with Gasteiger partial charge in [-0.25, -0.2) is 0 Å². The maximum absolute atomic E-state index is 12.3. The average Bonchev–Trinajstić information content (AvgIpc) is 3.29. The molecule has 0 aliphatic carbocycles. The summed E-state index contributed by atoms with van der Waals surface area (Å²) in [6.07, 6.45) is 2.45. The number of carbonyl (C=O) groups is 3. The van der Waals surface area contributed by atoms with Crippen molar-refractivity contribution in [3.05, 3.63) is 51.2 Å². The monoisotopic (exact) mass is 384 g/mol. The van der Waals surface area contributed by atoms with Gasteiger partial charge in [-0.15, -0.1) is 11.3 Å². The molecule has 0 atom stereocenters. The molecule has 0 spiro atoms. The largest absolute Gasteiger partial charge is 0.339 e. The van der Waals surface area contributed by atoms with Crippen LogP contribution in [0.2, 0.25) is 0 Å². The third-order valence-electron chi connectivity index (χ3n) is 4.73. The Kier molecular flexibility index (Phi) is 6.06. The minimum absolute atomic E-state index is 0.00134. The van der Waals surface area contributed by atoms with E-state index in [1.165, 1.54) is 0 Å². The molecular weight excluding hydrogens is 360 g/mol. The van der Waals surface area contributed by atoms with Gasteiger partial charge in [-0.1, -0.05) is 0 Å². The second-order valence-corrected chi connectivity index (χ2v) is 8.34. The number of anilines is 1. The van der Waals surface area contributed by atoms with Crippen LogP contribution < -0.4 is 5.32 Å². The fourth-order valence-electron chi connectivity index (χ4n) is 3.29. The molecule has 5 nitrogen and oxygen atoms in total. The van der Waals surface area contributed by atoms with E-state index in [-0.39, 0.29) is 30.4 Å². The zero-order valence-corrected chi connectivity index (χ0v) is 16.5. The van der Waals surface area contributed by atoms with Gasteiger partial charge < -0.3 is 10.2 Å². The molecule has 1 saturated heterocycles. The second-order valence-electron chi connectivity index (χ2n) is 6.87. The Labute approximate surface area is 163 Å².